The standard InChI is InChI=1S/C14H23N3O2/c1-4-17(5-2)9-8-16-14(19)11-7-6-10(3)13(18)12(11)15/h6-7,18H,4-5,8-9,15H2,1-3H3,(H,16,19). The van der Waals surface area contributed by atoms with Gasteiger partial charge >= 0.3 is 0 Å². The van der Waals surface area contributed by atoms with Crippen LogP contribution in [-0.2, 0) is 0 Å². The number of nitrogens with two attached hydrogens (primary N) is 1. The number of nitrogens with zero attached hydrogens (tertiary/aromatic N) is 1. The first-order valence-corrected chi connectivity index (χ1v) is 6.59. The maximum Gasteiger partial charge on any atom is 0.253 e. The van der Waals surface area contributed by atoms with Crippen molar-refractivity contribution in [3.63, 3.8) is 0 Å². The fourth-order valence-corrected chi connectivity index (χ4v) is 1.88. The minimum absolute atomic E-state index is 0.0172. The van der Waals surface area contributed by atoms with E-state index in [4.69, 9.17) is 5.73 Å². The highest BCUT2D eigenvalue weighted by molar-refractivity contribution is 6.00. The van der Waals surface area contributed by atoms with Crippen molar-refractivity contribution in [1.82, 2.24) is 10.2 Å². The highest BCUT2D eigenvalue weighted by Gasteiger charge is 2.13. The molecule has 4 N–H and O–H groups in total. The fourth-order valence-electron chi connectivity index (χ4n) is 1.88. The van der Waals surface area contributed by atoms with Gasteiger partial charge in [0.1, 0.15) is 5.75 Å². The van der Waals surface area contributed by atoms with Crippen LogP contribution in [0.5, 0.6) is 5.75 Å². The zero-order chi connectivity index (χ0) is 14.4. The molecule has 1 rings (SSSR count). The number of benzene rings is 1. The molecule has 1 amide bonds. The first-order chi connectivity index (χ1) is 9.01. The molecule has 0 saturated carbocycles. The van der Waals surface area contributed by atoms with Crippen molar-refractivity contribution < 1.29 is 9.90 Å². The van der Waals surface area contributed by atoms with Gasteiger partial charge in [-0.2, -0.15) is 0 Å². The number of carbonyl (C=O) groups excluding carboxylic acids is 1. The van der Waals surface area contributed by atoms with Gasteiger partial charge in [0.2, 0.25) is 0 Å². The molecule has 0 saturated heterocycles. The smallest absolute Gasteiger partial charge is 0.253 e. The van der Waals surface area contributed by atoms with E-state index in [1.54, 1.807) is 19.1 Å². The molecule has 0 radical (unpaired) electrons. The number of likely N-dealkylation sites (N-methyl/N-ethyl adjacent to an activating group) is 1. The third kappa shape index (κ3) is 3.86. The molecule has 1 aromatic carbocycles. The number of nitrogens with one attached hydrogen (secondary N) is 1. The maximum absolute atomic E-state index is 12.0. The second-order valence-corrected chi connectivity index (χ2v) is 4.48. The lowest BCUT2D eigenvalue weighted by Crippen LogP contribution is -2.35. The van der Waals surface area contributed by atoms with Crippen LogP contribution in [0.2, 0.25) is 0 Å². The number of nitrogen functional groups attached to an aromatic ring is 1. The first-order valence-electron chi connectivity index (χ1n) is 6.59. The summed E-state index contributed by atoms with van der Waals surface area (Å²) < 4.78 is 0. The summed E-state index contributed by atoms with van der Waals surface area (Å²) in [6, 6.07) is 3.32. The molecule has 5 heteroatoms. The van der Waals surface area contributed by atoms with Crippen LogP contribution in [0.15, 0.2) is 12.1 Å². The third-order valence-electron chi connectivity index (χ3n) is 3.27. The maximum atomic E-state index is 12.0. The van der Waals surface area contributed by atoms with Crippen molar-refractivity contribution in [2.24, 2.45) is 0 Å². The summed E-state index contributed by atoms with van der Waals surface area (Å²) in [5.41, 5.74) is 6.87. The Morgan fingerprint density at radius 1 is 1.37 bits per heavy atom. The average Bonchev–Trinajstić information content (AvgIpc) is 2.41. The Bertz CT molecular complexity index is 443. The van der Waals surface area contributed by atoms with Crippen molar-refractivity contribution >= 4 is 11.6 Å². The summed E-state index contributed by atoms with van der Waals surface area (Å²) >= 11 is 0. The zero-order valence-corrected chi connectivity index (χ0v) is 11.9. The largest absolute Gasteiger partial charge is 0.505 e. The highest BCUT2D eigenvalue weighted by atomic mass is 16.3. The van der Waals surface area contributed by atoms with Crippen molar-refractivity contribution in [2.75, 3.05) is 31.9 Å². The number of aryl methyl sites for hydroxylation is 1. The lowest BCUT2D eigenvalue weighted by atomic mass is 10.1. The van der Waals surface area contributed by atoms with E-state index in [1.807, 2.05) is 0 Å². The van der Waals surface area contributed by atoms with Crippen molar-refractivity contribution in [3.05, 3.63) is 23.3 Å². The second kappa shape index (κ2) is 6.99. The van der Waals surface area contributed by atoms with Gasteiger partial charge in [-0.05, 0) is 31.6 Å². The molecule has 0 aliphatic carbocycles. The number of hydrogen-bond acceptors (Lipinski definition) is 4. The molecule has 0 heterocycles. The van der Waals surface area contributed by atoms with E-state index in [0.717, 1.165) is 19.6 Å². The topological polar surface area (TPSA) is 78.6 Å². The summed E-state index contributed by atoms with van der Waals surface area (Å²) in [5.74, 6) is -0.267. The molecule has 5 nitrogen and oxygen atoms in total. The molecule has 0 fully saturated rings. The Balaban J connectivity index is 2.62. The Kier molecular flexibility index (Phi) is 5.63. The average molecular weight is 265 g/mol. The van der Waals surface area contributed by atoms with Gasteiger partial charge in [-0.3, -0.25) is 4.79 Å². The summed E-state index contributed by atoms with van der Waals surface area (Å²) in [4.78, 5) is 14.2. The van der Waals surface area contributed by atoms with Crippen LogP contribution in [0.1, 0.15) is 29.8 Å². The lowest BCUT2D eigenvalue weighted by Gasteiger charge is -2.18. The Morgan fingerprint density at radius 2 is 2.00 bits per heavy atom. The second-order valence-electron chi connectivity index (χ2n) is 4.48. The fraction of sp³-hybridized carbons (Fsp3) is 0.500. The number of rotatable bonds is 6. The van der Waals surface area contributed by atoms with Gasteiger partial charge in [0.05, 0.1) is 11.3 Å². The SMILES string of the molecule is CCN(CC)CCNC(=O)c1ccc(C)c(O)c1N. The number of amides is 1. The molecule has 0 bridgehead atoms. The molecule has 0 aliphatic rings. The van der Waals surface area contributed by atoms with Gasteiger partial charge in [-0.15, -0.1) is 0 Å². The van der Waals surface area contributed by atoms with E-state index in [0.29, 0.717) is 17.7 Å². The van der Waals surface area contributed by atoms with E-state index in [-0.39, 0.29) is 17.3 Å². The van der Waals surface area contributed by atoms with Crippen molar-refractivity contribution in [2.45, 2.75) is 20.8 Å². The summed E-state index contributed by atoms with van der Waals surface area (Å²) in [7, 11) is 0. The Labute approximate surface area is 114 Å². The van der Waals surface area contributed by atoms with Gasteiger partial charge in [0, 0.05) is 13.1 Å². The van der Waals surface area contributed by atoms with E-state index in [9.17, 15) is 9.90 Å². The van der Waals surface area contributed by atoms with Gasteiger partial charge in [-0.25, -0.2) is 0 Å². The number of aromatic hydroxyl groups is 1. The molecular weight excluding hydrogens is 242 g/mol. The minimum Gasteiger partial charge on any atom is -0.505 e. The number of carbonyl (C=O) groups is 1. The van der Waals surface area contributed by atoms with Crippen molar-refractivity contribution in [1.29, 1.82) is 0 Å². The Morgan fingerprint density at radius 3 is 2.58 bits per heavy atom. The molecule has 0 aliphatic heterocycles. The number of phenolic OH excluding ortho intramolecular Hbond substituents is 1. The van der Waals surface area contributed by atoms with Gasteiger partial charge < -0.3 is 21.1 Å². The monoisotopic (exact) mass is 265 g/mol. The van der Waals surface area contributed by atoms with E-state index >= 15 is 0 Å². The van der Waals surface area contributed by atoms with Crippen LogP contribution in [0.25, 0.3) is 0 Å². The van der Waals surface area contributed by atoms with E-state index < -0.39 is 0 Å². The van der Waals surface area contributed by atoms with Crippen molar-refractivity contribution in [3.8, 4) is 5.75 Å². The van der Waals surface area contributed by atoms with Gasteiger partial charge in [0.25, 0.3) is 5.91 Å². The van der Waals surface area contributed by atoms with Crippen LogP contribution in [0, 0.1) is 6.92 Å². The molecule has 0 unspecified atom stereocenters. The molecule has 0 atom stereocenters. The molecule has 0 aromatic heterocycles. The van der Waals surface area contributed by atoms with Crippen LogP contribution in [0.4, 0.5) is 5.69 Å². The summed E-state index contributed by atoms with van der Waals surface area (Å²) in [5, 5.41) is 12.5. The predicted octanol–water partition coefficient (Wildman–Crippen LogP) is 1.35. The molecule has 106 valence electrons. The number of hydrogen-bond donors (Lipinski definition) is 3. The summed E-state index contributed by atoms with van der Waals surface area (Å²) in [6.45, 7) is 9.20. The normalized spacial score (nSPS) is 10.7. The predicted molar refractivity (Wildman–Crippen MR) is 77.4 cm³/mol. The van der Waals surface area contributed by atoms with Crippen LogP contribution < -0.4 is 11.1 Å². The first kappa shape index (κ1) is 15.3. The molecule has 19 heavy (non-hydrogen) atoms. The molecule has 0 spiro atoms. The lowest BCUT2D eigenvalue weighted by molar-refractivity contribution is 0.0949. The van der Waals surface area contributed by atoms with Gasteiger partial charge in [0.15, 0.2) is 0 Å². The number of phenols is 1. The Hall–Kier alpha value is -1.75. The summed E-state index contributed by atoms with van der Waals surface area (Å²) in [6.07, 6.45) is 0. The quantitative estimate of drug-likeness (QED) is 0.536. The van der Waals surface area contributed by atoms with Crippen LogP contribution in [0.3, 0.4) is 0 Å². The van der Waals surface area contributed by atoms with E-state index in [2.05, 4.69) is 24.1 Å². The minimum atomic E-state index is -0.250. The highest BCUT2D eigenvalue weighted by Crippen LogP contribution is 2.27. The number of anilines is 1. The third-order valence-corrected chi connectivity index (χ3v) is 3.27. The molecular formula is C14H23N3O2. The van der Waals surface area contributed by atoms with Gasteiger partial charge in [-0.1, -0.05) is 19.9 Å². The van der Waals surface area contributed by atoms with Crippen LogP contribution in [-0.4, -0.2) is 42.1 Å². The molecule has 1 aromatic rings. The van der Waals surface area contributed by atoms with E-state index in [1.165, 1.54) is 0 Å². The van der Waals surface area contributed by atoms with Crippen LogP contribution >= 0.6 is 0 Å². The zero-order valence-electron chi connectivity index (χ0n) is 11.9.